The van der Waals surface area contributed by atoms with E-state index in [4.69, 9.17) is 4.74 Å². The van der Waals surface area contributed by atoms with Crippen molar-refractivity contribution in [1.29, 1.82) is 0 Å². The lowest BCUT2D eigenvalue weighted by Crippen LogP contribution is -2.21. The van der Waals surface area contributed by atoms with E-state index < -0.39 is 6.10 Å². The van der Waals surface area contributed by atoms with E-state index >= 15 is 0 Å². The Morgan fingerprint density at radius 2 is 2.27 bits per heavy atom. The first-order valence-corrected chi connectivity index (χ1v) is 5.36. The van der Waals surface area contributed by atoms with Crippen LogP contribution in [-0.4, -0.2) is 19.2 Å². The molecule has 15 heavy (non-hydrogen) atoms. The number of halogens is 1. The molecule has 0 unspecified atom stereocenters. The molecule has 0 fully saturated rings. The second-order valence-electron chi connectivity index (χ2n) is 3.11. The molecule has 1 aromatic rings. The Morgan fingerprint density at radius 3 is 2.87 bits per heavy atom. The van der Waals surface area contributed by atoms with Gasteiger partial charge in [0.15, 0.2) is 6.10 Å². The fourth-order valence-electron chi connectivity index (χ4n) is 1.08. The third-order valence-electron chi connectivity index (χ3n) is 1.92. The van der Waals surface area contributed by atoms with E-state index in [0.29, 0.717) is 6.61 Å². The highest BCUT2D eigenvalue weighted by molar-refractivity contribution is 9.10. The number of carbonyl (C=O) groups excluding carboxylic acids is 1. The summed E-state index contributed by atoms with van der Waals surface area (Å²) in [4.78, 5) is 11.0. The largest absolute Gasteiger partial charge is 0.467 e. The first kappa shape index (κ1) is 12.2. The summed E-state index contributed by atoms with van der Waals surface area (Å²) < 4.78 is 10.9. The number of benzene rings is 1. The summed E-state index contributed by atoms with van der Waals surface area (Å²) in [6.45, 7) is 2.07. The number of hydrogen-bond acceptors (Lipinski definition) is 3. The van der Waals surface area contributed by atoms with Crippen LogP contribution in [0.1, 0.15) is 12.5 Å². The molecule has 0 N–H and O–H groups in total. The standard InChI is InChI=1S/C11H13BrO3/c1-8(11(13)14-2)15-7-9-4-3-5-10(12)6-9/h3-6,8H,7H2,1-2H3/t8-/m1/s1. The van der Waals surface area contributed by atoms with Crippen molar-refractivity contribution in [2.24, 2.45) is 0 Å². The maximum atomic E-state index is 11.0. The van der Waals surface area contributed by atoms with Gasteiger partial charge in [-0.1, -0.05) is 28.1 Å². The smallest absolute Gasteiger partial charge is 0.334 e. The molecule has 0 bridgehead atoms. The topological polar surface area (TPSA) is 35.5 Å². The van der Waals surface area contributed by atoms with Crippen LogP contribution in [0, 0.1) is 0 Å². The molecule has 0 saturated carbocycles. The Labute approximate surface area is 97.5 Å². The lowest BCUT2D eigenvalue weighted by atomic mass is 10.2. The van der Waals surface area contributed by atoms with Crippen LogP contribution in [0.2, 0.25) is 0 Å². The van der Waals surface area contributed by atoms with E-state index in [1.54, 1.807) is 6.92 Å². The van der Waals surface area contributed by atoms with E-state index in [2.05, 4.69) is 20.7 Å². The SMILES string of the molecule is COC(=O)[C@@H](C)OCc1cccc(Br)c1. The second kappa shape index (κ2) is 5.88. The number of esters is 1. The Kier molecular flexibility index (Phi) is 4.78. The van der Waals surface area contributed by atoms with Gasteiger partial charge < -0.3 is 9.47 Å². The molecule has 0 heterocycles. The molecule has 4 heteroatoms. The Bertz CT molecular complexity index is 338. The highest BCUT2D eigenvalue weighted by atomic mass is 79.9. The Balaban J connectivity index is 2.47. The quantitative estimate of drug-likeness (QED) is 0.791. The summed E-state index contributed by atoms with van der Waals surface area (Å²) in [6, 6.07) is 7.75. The maximum Gasteiger partial charge on any atom is 0.334 e. The van der Waals surface area contributed by atoms with Crippen LogP contribution in [0.4, 0.5) is 0 Å². The number of carbonyl (C=O) groups is 1. The van der Waals surface area contributed by atoms with Crippen molar-refractivity contribution in [3.63, 3.8) is 0 Å². The molecule has 1 rings (SSSR count). The van der Waals surface area contributed by atoms with Gasteiger partial charge in [-0.3, -0.25) is 0 Å². The molecular weight excluding hydrogens is 260 g/mol. The fourth-order valence-corrected chi connectivity index (χ4v) is 1.53. The lowest BCUT2D eigenvalue weighted by molar-refractivity contribution is -0.153. The number of hydrogen-bond donors (Lipinski definition) is 0. The average Bonchev–Trinajstić information content (AvgIpc) is 2.25. The average molecular weight is 273 g/mol. The van der Waals surface area contributed by atoms with Gasteiger partial charge in [0.05, 0.1) is 13.7 Å². The molecule has 3 nitrogen and oxygen atoms in total. The Morgan fingerprint density at radius 1 is 1.53 bits per heavy atom. The monoisotopic (exact) mass is 272 g/mol. The fraction of sp³-hybridized carbons (Fsp3) is 0.364. The normalized spacial score (nSPS) is 12.2. The first-order valence-electron chi connectivity index (χ1n) is 4.57. The minimum atomic E-state index is -0.533. The van der Waals surface area contributed by atoms with E-state index in [0.717, 1.165) is 10.0 Å². The first-order chi connectivity index (χ1) is 7.13. The van der Waals surface area contributed by atoms with Gasteiger partial charge in [-0.2, -0.15) is 0 Å². The second-order valence-corrected chi connectivity index (χ2v) is 4.02. The summed E-state index contributed by atoms with van der Waals surface area (Å²) in [5.74, 6) is -0.356. The van der Waals surface area contributed by atoms with Crippen molar-refractivity contribution in [1.82, 2.24) is 0 Å². The van der Waals surface area contributed by atoms with Crippen molar-refractivity contribution >= 4 is 21.9 Å². The zero-order valence-electron chi connectivity index (χ0n) is 8.70. The minimum absolute atomic E-state index is 0.356. The van der Waals surface area contributed by atoms with Crippen molar-refractivity contribution in [3.8, 4) is 0 Å². The van der Waals surface area contributed by atoms with Crippen LogP contribution in [0.15, 0.2) is 28.7 Å². The van der Waals surface area contributed by atoms with Crippen LogP contribution in [0.5, 0.6) is 0 Å². The molecule has 0 aliphatic rings. The van der Waals surface area contributed by atoms with Crippen LogP contribution in [0.3, 0.4) is 0 Å². The van der Waals surface area contributed by atoms with Crippen molar-refractivity contribution in [2.45, 2.75) is 19.6 Å². The van der Waals surface area contributed by atoms with E-state index in [1.807, 2.05) is 24.3 Å². The van der Waals surface area contributed by atoms with Gasteiger partial charge in [-0.05, 0) is 24.6 Å². The zero-order chi connectivity index (χ0) is 11.3. The van der Waals surface area contributed by atoms with Crippen molar-refractivity contribution < 1.29 is 14.3 Å². The summed E-state index contributed by atoms with van der Waals surface area (Å²) in [5.41, 5.74) is 1.01. The molecule has 0 amide bonds. The van der Waals surface area contributed by atoms with E-state index in [-0.39, 0.29) is 5.97 Å². The molecule has 0 aromatic heterocycles. The molecule has 0 radical (unpaired) electrons. The minimum Gasteiger partial charge on any atom is -0.467 e. The summed E-state index contributed by atoms with van der Waals surface area (Å²) in [7, 11) is 1.35. The van der Waals surface area contributed by atoms with E-state index in [9.17, 15) is 4.79 Å². The summed E-state index contributed by atoms with van der Waals surface area (Å²) >= 11 is 3.36. The van der Waals surface area contributed by atoms with Crippen molar-refractivity contribution in [2.75, 3.05) is 7.11 Å². The number of rotatable bonds is 4. The predicted octanol–water partition coefficient (Wildman–Crippen LogP) is 2.53. The van der Waals surface area contributed by atoms with Gasteiger partial charge in [0, 0.05) is 4.47 Å². The van der Waals surface area contributed by atoms with Crippen LogP contribution >= 0.6 is 15.9 Å². The molecule has 82 valence electrons. The molecular formula is C11H13BrO3. The van der Waals surface area contributed by atoms with Crippen LogP contribution in [-0.2, 0) is 20.9 Å². The highest BCUT2D eigenvalue weighted by Gasteiger charge is 2.12. The van der Waals surface area contributed by atoms with Crippen molar-refractivity contribution in [3.05, 3.63) is 34.3 Å². The Hall–Kier alpha value is -0.870. The molecule has 1 aromatic carbocycles. The third kappa shape index (κ3) is 4.01. The molecule has 0 aliphatic heterocycles. The molecule has 1 atom stereocenters. The van der Waals surface area contributed by atoms with E-state index in [1.165, 1.54) is 7.11 Å². The number of methoxy groups -OCH3 is 1. The summed E-state index contributed by atoms with van der Waals surface area (Å²) in [5, 5.41) is 0. The summed E-state index contributed by atoms with van der Waals surface area (Å²) in [6.07, 6.45) is -0.533. The van der Waals surface area contributed by atoms with Crippen LogP contribution < -0.4 is 0 Å². The van der Waals surface area contributed by atoms with Gasteiger partial charge in [0.25, 0.3) is 0 Å². The van der Waals surface area contributed by atoms with Gasteiger partial charge in [-0.15, -0.1) is 0 Å². The maximum absolute atomic E-state index is 11.0. The third-order valence-corrected chi connectivity index (χ3v) is 2.42. The number of ether oxygens (including phenoxy) is 2. The highest BCUT2D eigenvalue weighted by Crippen LogP contribution is 2.13. The lowest BCUT2D eigenvalue weighted by Gasteiger charge is -2.10. The van der Waals surface area contributed by atoms with Gasteiger partial charge in [-0.25, -0.2) is 4.79 Å². The molecule has 0 aliphatic carbocycles. The zero-order valence-corrected chi connectivity index (χ0v) is 10.3. The molecule has 0 saturated heterocycles. The van der Waals surface area contributed by atoms with Gasteiger partial charge >= 0.3 is 5.97 Å². The van der Waals surface area contributed by atoms with Gasteiger partial charge in [0.1, 0.15) is 0 Å². The molecule has 0 spiro atoms. The predicted molar refractivity (Wildman–Crippen MR) is 60.4 cm³/mol. The van der Waals surface area contributed by atoms with Gasteiger partial charge in [0.2, 0.25) is 0 Å². The van der Waals surface area contributed by atoms with Crippen LogP contribution in [0.25, 0.3) is 0 Å².